The molecule has 1 unspecified atom stereocenters. The van der Waals surface area contributed by atoms with Crippen molar-refractivity contribution in [1.29, 1.82) is 0 Å². The first-order chi connectivity index (χ1) is 17.3. The van der Waals surface area contributed by atoms with Gasteiger partial charge in [-0.1, -0.05) is 45.4 Å². The summed E-state index contributed by atoms with van der Waals surface area (Å²) in [5, 5.41) is 2.86. The molecule has 0 spiro atoms. The van der Waals surface area contributed by atoms with Crippen LogP contribution < -0.4 is 10.1 Å². The Kier molecular flexibility index (Phi) is 6.76. The van der Waals surface area contributed by atoms with Crippen molar-refractivity contribution in [2.45, 2.75) is 84.0 Å². The number of ether oxygens (including phenoxy) is 1. The number of hydrogen-bond donors (Lipinski definition) is 1. The lowest BCUT2D eigenvalue weighted by Crippen LogP contribution is -2.46. The maximum absolute atomic E-state index is 11.6. The number of carbonyl (C=O) groups is 1. The summed E-state index contributed by atoms with van der Waals surface area (Å²) in [6.07, 6.45) is 7.00. The Hall–Kier alpha value is -2.95. The van der Waals surface area contributed by atoms with Crippen molar-refractivity contribution in [3.63, 3.8) is 0 Å². The smallest absolute Gasteiger partial charge is 0.219 e. The Labute approximate surface area is 215 Å². The van der Waals surface area contributed by atoms with Gasteiger partial charge < -0.3 is 10.1 Å². The van der Waals surface area contributed by atoms with Gasteiger partial charge in [0, 0.05) is 29.9 Å². The Morgan fingerprint density at radius 2 is 1.81 bits per heavy atom. The van der Waals surface area contributed by atoms with Gasteiger partial charge in [0.1, 0.15) is 5.75 Å². The van der Waals surface area contributed by atoms with Crippen LogP contribution in [0.1, 0.15) is 89.8 Å². The number of hydrogen-bond acceptors (Lipinski definition) is 4. The Bertz CT molecular complexity index is 1270. The number of para-hydroxylation sites is 2. The molecular weight excluding hydrogens is 446 g/mol. The summed E-state index contributed by atoms with van der Waals surface area (Å²) in [4.78, 5) is 22.1. The standard InChI is InChI=1S/C31H39N3O2/c1-5-32-26(35)14-7-6-10-19-36-21-15-16-23-22(20-21)27-28(34-25-13-9-8-12-24(25)33-27)29-30(2,3)17-11-18-31(23,29)4/h8-9,12-13,15-16,20,29H,5-7,10-11,14,17-19H2,1-4H3,(H,32,35)/t29-,31?/m1/s1. The van der Waals surface area contributed by atoms with Crippen molar-refractivity contribution in [2.24, 2.45) is 5.41 Å². The molecule has 2 aromatic carbocycles. The van der Waals surface area contributed by atoms with Crippen LogP contribution in [0.25, 0.3) is 22.3 Å². The van der Waals surface area contributed by atoms with Crippen LogP contribution in [0.4, 0.5) is 0 Å². The summed E-state index contributed by atoms with van der Waals surface area (Å²) < 4.78 is 6.19. The molecule has 1 fully saturated rings. The molecule has 2 aliphatic carbocycles. The van der Waals surface area contributed by atoms with Crippen LogP contribution in [0, 0.1) is 5.41 Å². The van der Waals surface area contributed by atoms with E-state index in [0.29, 0.717) is 25.5 Å². The molecule has 5 heteroatoms. The van der Waals surface area contributed by atoms with E-state index in [4.69, 9.17) is 14.7 Å². The van der Waals surface area contributed by atoms with Gasteiger partial charge in [-0.3, -0.25) is 4.79 Å². The van der Waals surface area contributed by atoms with Crippen LogP contribution in [0.3, 0.4) is 0 Å². The third-order valence-electron chi connectivity index (χ3n) is 8.36. The van der Waals surface area contributed by atoms with Crippen molar-refractivity contribution < 1.29 is 9.53 Å². The molecule has 2 aliphatic rings. The number of benzene rings is 2. The maximum atomic E-state index is 11.6. The van der Waals surface area contributed by atoms with E-state index in [1.165, 1.54) is 24.0 Å². The summed E-state index contributed by atoms with van der Waals surface area (Å²) in [7, 11) is 0. The quantitative estimate of drug-likeness (QED) is 0.351. The molecule has 36 heavy (non-hydrogen) atoms. The number of nitrogens with one attached hydrogen (secondary N) is 1. The second-order valence-electron chi connectivity index (χ2n) is 11.5. The summed E-state index contributed by atoms with van der Waals surface area (Å²) >= 11 is 0. The number of carbonyl (C=O) groups excluding carboxylic acids is 1. The van der Waals surface area contributed by atoms with E-state index in [0.717, 1.165) is 53.9 Å². The monoisotopic (exact) mass is 485 g/mol. The molecule has 0 bridgehead atoms. The predicted molar refractivity (Wildman–Crippen MR) is 145 cm³/mol. The van der Waals surface area contributed by atoms with E-state index in [-0.39, 0.29) is 16.7 Å². The van der Waals surface area contributed by atoms with E-state index < -0.39 is 0 Å². The van der Waals surface area contributed by atoms with Crippen LogP contribution in [0.5, 0.6) is 5.75 Å². The molecule has 1 heterocycles. The van der Waals surface area contributed by atoms with Crippen molar-refractivity contribution >= 4 is 16.9 Å². The van der Waals surface area contributed by atoms with Gasteiger partial charge in [-0.05, 0) is 74.3 Å². The zero-order valence-electron chi connectivity index (χ0n) is 22.2. The minimum atomic E-state index is 0.0266. The molecule has 5 nitrogen and oxygen atoms in total. The van der Waals surface area contributed by atoms with Gasteiger partial charge in [0.15, 0.2) is 0 Å². The lowest BCUT2D eigenvalue weighted by molar-refractivity contribution is -0.121. The normalized spacial score (nSPS) is 21.8. The molecule has 1 N–H and O–H groups in total. The third kappa shape index (κ3) is 4.49. The number of rotatable bonds is 8. The highest BCUT2D eigenvalue weighted by Crippen LogP contribution is 2.62. The van der Waals surface area contributed by atoms with Crippen molar-refractivity contribution in [1.82, 2.24) is 15.3 Å². The van der Waals surface area contributed by atoms with E-state index in [1.807, 2.05) is 19.1 Å². The number of amides is 1. The fourth-order valence-corrected chi connectivity index (χ4v) is 6.78. The van der Waals surface area contributed by atoms with Crippen LogP contribution in [0.15, 0.2) is 42.5 Å². The second-order valence-corrected chi connectivity index (χ2v) is 11.5. The Morgan fingerprint density at radius 1 is 1.03 bits per heavy atom. The van der Waals surface area contributed by atoms with Crippen LogP contribution >= 0.6 is 0 Å². The molecule has 190 valence electrons. The van der Waals surface area contributed by atoms with Crippen molar-refractivity contribution in [2.75, 3.05) is 13.2 Å². The highest BCUT2D eigenvalue weighted by Gasteiger charge is 2.53. The number of nitrogens with zero attached hydrogens (tertiary/aromatic N) is 2. The van der Waals surface area contributed by atoms with Gasteiger partial charge in [0.05, 0.1) is 29.0 Å². The molecule has 1 amide bonds. The van der Waals surface area contributed by atoms with Gasteiger partial charge in [0.25, 0.3) is 0 Å². The van der Waals surface area contributed by atoms with Crippen LogP contribution in [-0.4, -0.2) is 29.0 Å². The molecule has 1 aromatic heterocycles. The highest BCUT2D eigenvalue weighted by atomic mass is 16.5. The van der Waals surface area contributed by atoms with Gasteiger partial charge >= 0.3 is 0 Å². The zero-order chi connectivity index (χ0) is 25.3. The first kappa shape index (κ1) is 24.7. The van der Waals surface area contributed by atoms with Crippen LogP contribution in [0.2, 0.25) is 0 Å². The predicted octanol–water partition coefficient (Wildman–Crippen LogP) is 6.94. The molecule has 0 aliphatic heterocycles. The van der Waals surface area contributed by atoms with Gasteiger partial charge in [0.2, 0.25) is 5.91 Å². The van der Waals surface area contributed by atoms with Crippen molar-refractivity contribution in [3.05, 3.63) is 53.7 Å². The SMILES string of the molecule is CCNC(=O)CCCCCOc1ccc2c(c1)-c1nc3ccccc3nc1[C@@H]1C(C)(C)CCCC21C. The topological polar surface area (TPSA) is 64.1 Å². The first-order valence-electron chi connectivity index (χ1n) is 13.6. The molecule has 3 aromatic rings. The average molecular weight is 486 g/mol. The third-order valence-corrected chi connectivity index (χ3v) is 8.36. The fourth-order valence-electron chi connectivity index (χ4n) is 6.78. The minimum absolute atomic E-state index is 0.0266. The molecular formula is C31H39N3O2. The lowest BCUT2D eigenvalue weighted by atomic mass is 9.50. The van der Waals surface area contributed by atoms with Gasteiger partial charge in [-0.2, -0.15) is 0 Å². The lowest BCUT2D eigenvalue weighted by Gasteiger charge is -2.53. The number of fused-ring (bicyclic) bond motifs is 7. The molecule has 0 saturated heterocycles. The minimum Gasteiger partial charge on any atom is -0.494 e. The van der Waals surface area contributed by atoms with E-state index in [2.05, 4.69) is 56.4 Å². The number of aromatic nitrogens is 2. The summed E-state index contributed by atoms with van der Waals surface area (Å²) in [6.45, 7) is 10.5. The van der Waals surface area contributed by atoms with E-state index in [1.54, 1.807) is 0 Å². The largest absolute Gasteiger partial charge is 0.494 e. The van der Waals surface area contributed by atoms with E-state index in [9.17, 15) is 4.79 Å². The van der Waals surface area contributed by atoms with E-state index >= 15 is 0 Å². The average Bonchev–Trinajstić information content (AvgIpc) is 2.85. The molecule has 2 atom stereocenters. The molecule has 1 saturated carbocycles. The highest BCUT2D eigenvalue weighted by molar-refractivity contribution is 5.82. The molecule has 0 radical (unpaired) electrons. The second kappa shape index (κ2) is 9.84. The van der Waals surface area contributed by atoms with Crippen LogP contribution in [-0.2, 0) is 10.2 Å². The summed E-state index contributed by atoms with van der Waals surface area (Å²) in [5.74, 6) is 1.35. The summed E-state index contributed by atoms with van der Waals surface area (Å²) in [6, 6.07) is 14.8. The Balaban J connectivity index is 1.43. The molecule has 5 rings (SSSR count). The van der Waals surface area contributed by atoms with Gasteiger partial charge in [-0.25, -0.2) is 9.97 Å². The number of unbranched alkanes of at least 4 members (excludes halogenated alkanes) is 2. The first-order valence-corrected chi connectivity index (χ1v) is 13.6. The maximum Gasteiger partial charge on any atom is 0.219 e. The summed E-state index contributed by atoms with van der Waals surface area (Å²) in [5.41, 5.74) is 6.82. The van der Waals surface area contributed by atoms with Crippen molar-refractivity contribution in [3.8, 4) is 17.0 Å². The zero-order valence-corrected chi connectivity index (χ0v) is 22.2. The fraction of sp³-hybridized carbons (Fsp3) is 0.516. The van der Waals surface area contributed by atoms with Gasteiger partial charge in [-0.15, -0.1) is 0 Å². The Morgan fingerprint density at radius 3 is 2.58 bits per heavy atom.